The number of amides is 1. The number of esters is 1. The van der Waals surface area contributed by atoms with Crippen LogP contribution in [0.15, 0.2) is 42.5 Å². The molecule has 1 atom stereocenters. The van der Waals surface area contributed by atoms with Gasteiger partial charge in [-0.3, -0.25) is 4.79 Å². The number of para-hydroxylation sites is 1. The van der Waals surface area contributed by atoms with Crippen LogP contribution in [0.1, 0.15) is 17.3 Å². The SMILES string of the molecule is C[C@H](OC(=O)c1cc(F)c(F)cc1Cl)C(=O)Nc1ccccc1. The lowest BCUT2D eigenvalue weighted by Gasteiger charge is -2.14. The molecule has 2 aromatic carbocycles. The Hall–Kier alpha value is -2.47. The van der Waals surface area contributed by atoms with Gasteiger partial charge in [0, 0.05) is 5.69 Å². The third-order valence-corrected chi connectivity index (χ3v) is 3.24. The third kappa shape index (κ3) is 4.26. The first kappa shape index (κ1) is 16.9. The van der Waals surface area contributed by atoms with Crippen molar-refractivity contribution in [2.75, 3.05) is 5.32 Å². The van der Waals surface area contributed by atoms with Crippen molar-refractivity contribution >= 4 is 29.2 Å². The van der Waals surface area contributed by atoms with E-state index in [2.05, 4.69) is 5.32 Å². The molecule has 1 N–H and O–H groups in total. The van der Waals surface area contributed by atoms with Gasteiger partial charge in [0.05, 0.1) is 10.6 Å². The summed E-state index contributed by atoms with van der Waals surface area (Å²) >= 11 is 5.68. The molecule has 0 unspecified atom stereocenters. The molecule has 23 heavy (non-hydrogen) atoms. The molecule has 2 aromatic rings. The lowest BCUT2D eigenvalue weighted by Crippen LogP contribution is -2.30. The standard InChI is InChI=1S/C16H12ClF2NO3/c1-9(15(21)20-10-5-3-2-4-6-10)23-16(22)11-7-13(18)14(19)8-12(11)17/h2-9H,1H3,(H,20,21)/t9-/m0/s1. The number of anilines is 1. The zero-order chi connectivity index (χ0) is 17.0. The number of benzene rings is 2. The first-order chi connectivity index (χ1) is 10.9. The number of carbonyl (C=O) groups excluding carboxylic acids is 2. The molecule has 0 spiro atoms. The van der Waals surface area contributed by atoms with E-state index in [1.54, 1.807) is 30.3 Å². The molecule has 0 bridgehead atoms. The van der Waals surface area contributed by atoms with Crippen LogP contribution in [0.5, 0.6) is 0 Å². The Morgan fingerprint density at radius 2 is 1.74 bits per heavy atom. The largest absolute Gasteiger partial charge is 0.449 e. The van der Waals surface area contributed by atoms with Crippen LogP contribution in [0.2, 0.25) is 5.02 Å². The van der Waals surface area contributed by atoms with Crippen molar-refractivity contribution in [2.45, 2.75) is 13.0 Å². The smallest absolute Gasteiger partial charge is 0.340 e. The van der Waals surface area contributed by atoms with E-state index in [-0.39, 0.29) is 10.6 Å². The van der Waals surface area contributed by atoms with Gasteiger partial charge in [0.15, 0.2) is 17.7 Å². The summed E-state index contributed by atoms with van der Waals surface area (Å²) in [6.45, 7) is 1.35. The Kier molecular flexibility index (Phi) is 5.28. The topological polar surface area (TPSA) is 55.4 Å². The Bertz CT molecular complexity index is 738. The fraction of sp³-hybridized carbons (Fsp3) is 0.125. The number of nitrogens with one attached hydrogen (secondary N) is 1. The van der Waals surface area contributed by atoms with E-state index >= 15 is 0 Å². The van der Waals surface area contributed by atoms with E-state index in [9.17, 15) is 18.4 Å². The first-order valence-electron chi connectivity index (χ1n) is 6.60. The molecule has 1 amide bonds. The fourth-order valence-electron chi connectivity index (χ4n) is 1.72. The molecule has 0 aliphatic heterocycles. The number of ether oxygens (including phenoxy) is 1. The summed E-state index contributed by atoms with van der Waals surface area (Å²) in [5.41, 5.74) is 0.177. The van der Waals surface area contributed by atoms with E-state index in [0.29, 0.717) is 17.8 Å². The Balaban J connectivity index is 2.05. The molecule has 0 saturated carbocycles. The van der Waals surface area contributed by atoms with Crippen molar-refractivity contribution in [3.8, 4) is 0 Å². The van der Waals surface area contributed by atoms with Crippen molar-refractivity contribution < 1.29 is 23.1 Å². The second-order valence-corrected chi connectivity index (χ2v) is 5.06. The maximum Gasteiger partial charge on any atom is 0.340 e. The minimum atomic E-state index is -1.23. The van der Waals surface area contributed by atoms with Gasteiger partial charge in [-0.1, -0.05) is 29.8 Å². The van der Waals surface area contributed by atoms with Crippen LogP contribution in [0.3, 0.4) is 0 Å². The molecular formula is C16H12ClF2NO3. The van der Waals surface area contributed by atoms with Crippen LogP contribution in [0.25, 0.3) is 0 Å². The van der Waals surface area contributed by atoms with E-state index < -0.39 is 29.6 Å². The van der Waals surface area contributed by atoms with E-state index in [1.807, 2.05) is 0 Å². The molecule has 0 aliphatic carbocycles. The zero-order valence-corrected chi connectivity index (χ0v) is 12.7. The van der Waals surface area contributed by atoms with Crippen molar-refractivity contribution in [3.05, 3.63) is 64.7 Å². The highest BCUT2D eigenvalue weighted by Gasteiger charge is 2.22. The third-order valence-electron chi connectivity index (χ3n) is 2.92. The van der Waals surface area contributed by atoms with Gasteiger partial charge in [-0.05, 0) is 31.2 Å². The summed E-state index contributed by atoms with van der Waals surface area (Å²) in [5.74, 6) is -4.00. The molecule has 2 rings (SSSR count). The maximum atomic E-state index is 13.2. The van der Waals surface area contributed by atoms with Gasteiger partial charge < -0.3 is 10.1 Å². The Morgan fingerprint density at radius 1 is 1.13 bits per heavy atom. The molecule has 0 aliphatic rings. The van der Waals surface area contributed by atoms with E-state index in [4.69, 9.17) is 16.3 Å². The molecule has 0 heterocycles. The first-order valence-corrected chi connectivity index (χ1v) is 6.97. The highest BCUT2D eigenvalue weighted by atomic mass is 35.5. The average molecular weight is 340 g/mol. The molecule has 7 heteroatoms. The summed E-state index contributed by atoms with van der Waals surface area (Å²) in [6.07, 6.45) is -1.15. The molecular weight excluding hydrogens is 328 g/mol. The number of carbonyl (C=O) groups is 2. The highest BCUT2D eigenvalue weighted by molar-refractivity contribution is 6.33. The Morgan fingerprint density at radius 3 is 2.39 bits per heavy atom. The van der Waals surface area contributed by atoms with E-state index in [1.165, 1.54) is 6.92 Å². The number of hydrogen-bond donors (Lipinski definition) is 1. The zero-order valence-electron chi connectivity index (χ0n) is 12.0. The van der Waals surface area contributed by atoms with Crippen LogP contribution >= 0.6 is 11.6 Å². The molecule has 0 fully saturated rings. The summed E-state index contributed by atoms with van der Waals surface area (Å²) in [6, 6.07) is 9.87. The van der Waals surface area contributed by atoms with Crippen molar-refractivity contribution in [3.63, 3.8) is 0 Å². The van der Waals surface area contributed by atoms with Gasteiger partial charge in [0.2, 0.25) is 0 Å². The van der Waals surface area contributed by atoms with Crippen LogP contribution in [-0.4, -0.2) is 18.0 Å². The van der Waals surface area contributed by atoms with Crippen LogP contribution < -0.4 is 5.32 Å². The van der Waals surface area contributed by atoms with Crippen molar-refractivity contribution in [1.29, 1.82) is 0 Å². The van der Waals surface area contributed by atoms with Crippen LogP contribution in [0.4, 0.5) is 14.5 Å². The fourth-order valence-corrected chi connectivity index (χ4v) is 1.95. The van der Waals surface area contributed by atoms with Crippen molar-refractivity contribution in [1.82, 2.24) is 0 Å². The second kappa shape index (κ2) is 7.19. The quantitative estimate of drug-likeness (QED) is 0.681. The van der Waals surface area contributed by atoms with Gasteiger partial charge in [0.1, 0.15) is 0 Å². The normalized spacial score (nSPS) is 11.7. The van der Waals surface area contributed by atoms with E-state index in [0.717, 1.165) is 0 Å². The number of rotatable bonds is 4. The highest BCUT2D eigenvalue weighted by Crippen LogP contribution is 2.21. The number of halogens is 3. The second-order valence-electron chi connectivity index (χ2n) is 4.65. The predicted molar refractivity (Wildman–Crippen MR) is 81.3 cm³/mol. The van der Waals surface area contributed by atoms with Gasteiger partial charge in [0.25, 0.3) is 5.91 Å². The Labute approximate surface area is 136 Å². The minimum Gasteiger partial charge on any atom is -0.449 e. The maximum absolute atomic E-state index is 13.2. The minimum absolute atomic E-state index is 0.301. The van der Waals surface area contributed by atoms with Gasteiger partial charge in [-0.15, -0.1) is 0 Å². The predicted octanol–water partition coefficient (Wildman–Crippen LogP) is 3.80. The van der Waals surface area contributed by atoms with Gasteiger partial charge >= 0.3 is 5.97 Å². The summed E-state index contributed by atoms with van der Waals surface area (Å²) < 4.78 is 31.1. The van der Waals surface area contributed by atoms with Gasteiger partial charge in [-0.25, -0.2) is 13.6 Å². The molecule has 0 aromatic heterocycles. The van der Waals surface area contributed by atoms with Gasteiger partial charge in [-0.2, -0.15) is 0 Å². The number of hydrogen-bond acceptors (Lipinski definition) is 3. The molecule has 4 nitrogen and oxygen atoms in total. The molecule has 0 radical (unpaired) electrons. The van der Waals surface area contributed by atoms with Crippen molar-refractivity contribution in [2.24, 2.45) is 0 Å². The van der Waals surface area contributed by atoms with Crippen LogP contribution in [-0.2, 0) is 9.53 Å². The molecule has 120 valence electrons. The average Bonchev–Trinajstić information content (AvgIpc) is 2.51. The monoisotopic (exact) mass is 339 g/mol. The molecule has 0 saturated heterocycles. The summed E-state index contributed by atoms with van der Waals surface area (Å²) in [7, 11) is 0. The lowest BCUT2D eigenvalue weighted by molar-refractivity contribution is -0.123. The van der Waals surface area contributed by atoms with Crippen LogP contribution in [0, 0.1) is 11.6 Å². The summed E-state index contributed by atoms with van der Waals surface area (Å²) in [5, 5.41) is 2.25. The lowest BCUT2D eigenvalue weighted by atomic mass is 10.2. The summed E-state index contributed by atoms with van der Waals surface area (Å²) in [4.78, 5) is 23.9.